The molecule has 2 aromatic carbocycles. The van der Waals surface area contributed by atoms with E-state index in [4.69, 9.17) is 0 Å². The molecule has 6 heteroatoms. The first-order chi connectivity index (χ1) is 14.5. The van der Waals surface area contributed by atoms with E-state index in [1.54, 1.807) is 18.2 Å². The summed E-state index contributed by atoms with van der Waals surface area (Å²) in [4.78, 5) is 37.0. The highest BCUT2D eigenvalue weighted by Gasteiger charge is 2.28. The number of rotatable bonds is 5. The molecule has 0 spiro atoms. The fraction of sp³-hybridized carbons (Fsp3) is 0.333. The quantitative estimate of drug-likeness (QED) is 0.711. The summed E-state index contributed by atoms with van der Waals surface area (Å²) in [7, 11) is 0. The molecule has 1 aliphatic rings. The summed E-state index contributed by atoms with van der Waals surface area (Å²) in [6.45, 7) is 5.33. The number of fused-ring (bicyclic) bond motifs is 1. The van der Waals surface area contributed by atoms with Crippen LogP contribution in [0.1, 0.15) is 40.2 Å². The van der Waals surface area contributed by atoms with Crippen molar-refractivity contribution in [2.75, 3.05) is 13.1 Å². The van der Waals surface area contributed by atoms with E-state index in [0.717, 1.165) is 48.4 Å². The average Bonchev–Trinajstić information content (AvgIpc) is 3.29. The van der Waals surface area contributed by atoms with Crippen LogP contribution in [0.25, 0.3) is 11.0 Å². The lowest BCUT2D eigenvalue weighted by atomic mass is 10.0. The zero-order chi connectivity index (χ0) is 21.1. The van der Waals surface area contributed by atoms with E-state index < -0.39 is 6.04 Å². The molecule has 4 rings (SSSR count). The topological polar surface area (TPSA) is 75.2 Å². The smallest absolute Gasteiger partial charge is 0.252 e. The summed E-state index contributed by atoms with van der Waals surface area (Å²) >= 11 is 0. The zero-order valence-corrected chi connectivity index (χ0v) is 17.4. The van der Waals surface area contributed by atoms with Crippen LogP contribution in [0.5, 0.6) is 0 Å². The van der Waals surface area contributed by atoms with Gasteiger partial charge in [-0.1, -0.05) is 30.3 Å². The van der Waals surface area contributed by atoms with Gasteiger partial charge in [0.25, 0.3) is 5.91 Å². The highest BCUT2D eigenvalue weighted by molar-refractivity contribution is 5.99. The predicted molar refractivity (Wildman–Crippen MR) is 116 cm³/mol. The van der Waals surface area contributed by atoms with E-state index in [1.165, 1.54) is 0 Å². The highest BCUT2D eigenvalue weighted by Crippen LogP contribution is 2.16. The summed E-state index contributed by atoms with van der Waals surface area (Å²) in [5, 5.41) is 2.97. The van der Waals surface area contributed by atoms with Crippen LogP contribution in [0, 0.1) is 13.8 Å². The van der Waals surface area contributed by atoms with Crippen molar-refractivity contribution in [3.63, 3.8) is 0 Å². The second kappa shape index (κ2) is 8.61. The van der Waals surface area contributed by atoms with Gasteiger partial charge in [-0.3, -0.25) is 9.59 Å². The number of hydrogen-bond donors (Lipinski definition) is 1. The van der Waals surface area contributed by atoms with Gasteiger partial charge in [-0.05, 0) is 50.5 Å². The van der Waals surface area contributed by atoms with Crippen molar-refractivity contribution in [1.29, 1.82) is 0 Å². The average molecular weight is 402 g/mol. The fourth-order valence-corrected chi connectivity index (χ4v) is 3.82. The van der Waals surface area contributed by atoms with Gasteiger partial charge in [0, 0.05) is 25.1 Å². The van der Waals surface area contributed by atoms with Crippen molar-refractivity contribution in [1.82, 2.24) is 20.2 Å². The molecule has 0 aliphatic carbocycles. The number of benzene rings is 2. The molecule has 1 aliphatic heterocycles. The number of aromatic nitrogens is 2. The molecule has 1 atom stereocenters. The van der Waals surface area contributed by atoms with Gasteiger partial charge in [-0.25, -0.2) is 9.97 Å². The largest absolute Gasteiger partial charge is 0.341 e. The van der Waals surface area contributed by atoms with Crippen molar-refractivity contribution >= 4 is 22.8 Å². The maximum Gasteiger partial charge on any atom is 0.252 e. The molecule has 2 amide bonds. The molecule has 1 saturated heterocycles. The van der Waals surface area contributed by atoms with Gasteiger partial charge in [-0.2, -0.15) is 0 Å². The Bertz CT molecular complexity index is 1080. The minimum Gasteiger partial charge on any atom is -0.341 e. The Balaban J connectivity index is 1.58. The minimum absolute atomic E-state index is 0.0169. The second-order valence-corrected chi connectivity index (χ2v) is 7.85. The van der Waals surface area contributed by atoms with Crippen molar-refractivity contribution in [3.05, 3.63) is 71.0 Å². The normalized spacial score (nSPS) is 14.7. The Morgan fingerprint density at radius 3 is 2.33 bits per heavy atom. The van der Waals surface area contributed by atoms with Crippen molar-refractivity contribution in [2.24, 2.45) is 0 Å². The Morgan fingerprint density at radius 1 is 0.967 bits per heavy atom. The van der Waals surface area contributed by atoms with Crippen LogP contribution in [0.4, 0.5) is 0 Å². The SMILES string of the molecule is Cc1nc2ccc(C(=O)NC(Cc3ccccc3)C(=O)N3CCCC3)cc2nc1C. The van der Waals surface area contributed by atoms with E-state index in [-0.39, 0.29) is 11.8 Å². The van der Waals surface area contributed by atoms with Crippen molar-refractivity contribution < 1.29 is 9.59 Å². The molecule has 0 radical (unpaired) electrons. The number of aryl methyl sites for hydroxylation is 2. The van der Waals surface area contributed by atoms with E-state index in [0.29, 0.717) is 17.5 Å². The molecule has 3 aromatic rings. The highest BCUT2D eigenvalue weighted by atomic mass is 16.2. The third kappa shape index (κ3) is 4.32. The monoisotopic (exact) mass is 402 g/mol. The molecule has 2 heterocycles. The lowest BCUT2D eigenvalue weighted by molar-refractivity contribution is -0.132. The van der Waals surface area contributed by atoms with E-state index in [9.17, 15) is 9.59 Å². The first-order valence-corrected chi connectivity index (χ1v) is 10.4. The maximum atomic E-state index is 13.1. The molecule has 6 nitrogen and oxygen atoms in total. The van der Waals surface area contributed by atoms with E-state index in [1.807, 2.05) is 49.1 Å². The number of carbonyl (C=O) groups is 2. The molecule has 1 fully saturated rings. The number of nitrogens with zero attached hydrogens (tertiary/aromatic N) is 3. The molecule has 0 bridgehead atoms. The van der Waals surface area contributed by atoms with Crippen LogP contribution in [0.15, 0.2) is 48.5 Å². The fourth-order valence-electron chi connectivity index (χ4n) is 3.82. The molecular formula is C24H26N4O2. The lowest BCUT2D eigenvalue weighted by Gasteiger charge is -2.24. The van der Waals surface area contributed by atoms with Crippen LogP contribution >= 0.6 is 0 Å². The Hall–Kier alpha value is -3.28. The molecule has 30 heavy (non-hydrogen) atoms. The van der Waals surface area contributed by atoms with Crippen LogP contribution in [0.3, 0.4) is 0 Å². The maximum absolute atomic E-state index is 13.1. The third-order valence-electron chi connectivity index (χ3n) is 5.64. The van der Waals surface area contributed by atoms with Gasteiger partial charge in [0.2, 0.25) is 5.91 Å². The molecule has 1 unspecified atom stereocenters. The lowest BCUT2D eigenvalue weighted by Crippen LogP contribution is -2.49. The third-order valence-corrected chi connectivity index (χ3v) is 5.64. The predicted octanol–water partition coefficient (Wildman–Crippen LogP) is 3.21. The van der Waals surface area contributed by atoms with Gasteiger partial charge in [0.05, 0.1) is 22.4 Å². The Labute approximate surface area is 176 Å². The molecule has 1 aromatic heterocycles. The standard InChI is InChI=1S/C24H26N4O2/c1-16-17(2)26-21-15-19(10-11-20(21)25-16)23(29)27-22(14-18-8-4-3-5-9-18)24(30)28-12-6-7-13-28/h3-5,8-11,15,22H,6-7,12-14H2,1-2H3,(H,27,29). The number of hydrogen-bond acceptors (Lipinski definition) is 4. The first kappa shape index (κ1) is 20.0. The molecule has 154 valence electrons. The number of likely N-dealkylation sites (tertiary alicyclic amines) is 1. The Morgan fingerprint density at radius 2 is 1.63 bits per heavy atom. The summed E-state index contributed by atoms with van der Waals surface area (Å²) in [5.74, 6) is -0.290. The molecular weight excluding hydrogens is 376 g/mol. The van der Waals surface area contributed by atoms with Crippen LogP contribution in [-0.2, 0) is 11.2 Å². The summed E-state index contributed by atoms with van der Waals surface area (Å²) in [5.41, 5.74) is 4.64. The first-order valence-electron chi connectivity index (χ1n) is 10.4. The summed E-state index contributed by atoms with van der Waals surface area (Å²) in [6, 6.07) is 14.5. The van der Waals surface area contributed by atoms with Crippen molar-refractivity contribution in [3.8, 4) is 0 Å². The van der Waals surface area contributed by atoms with Crippen molar-refractivity contribution in [2.45, 2.75) is 39.2 Å². The Kier molecular flexibility index (Phi) is 5.74. The van der Waals surface area contributed by atoms with Crippen LogP contribution in [0.2, 0.25) is 0 Å². The minimum atomic E-state index is -0.598. The number of carbonyl (C=O) groups excluding carboxylic acids is 2. The van der Waals surface area contributed by atoms with Crippen LogP contribution in [-0.4, -0.2) is 45.8 Å². The van der Waals surface area contributed by atoms with Gasteiger partial charge in [0.1, 0.15) is 6.04 Å². The number of amides is 2. The van der Waals surface area contributed by atoms with Gasteiger partial charge >= 0.3 is 0 Å². The summed E-state index contributed by atoms with van der Waals surface area (Å²) in [6.07, 6.45) is 2.49. The van der Waals surface area contributed by atoms with E-state index in [2.05, 4.69) is 15.3 Å². The molecule has 0 saturated carbocycles. The number of nitrogens with one attached hydrogen (secondary N) is 1. The van der Waals surface area contributed by atoms with E-state index >= 15 is 0 Å². The molecule has 1 N–H and O–H groups in total. The second-order valence-electron chi connectivity index (χ2n) is 7.85. The zero-order valence-electron chi connectivity index (χ0n) is 17.4. The van der Waals surface area contributed by atoms with Gasteiger partial charge in [0.15, 0.2) is 0 Å². The van der Waals surface area contributed by atoms with Crippen LogP contribution < -0.4 is 5.32 Å². The summed E-state index contributed by atoms with van der Waals surface area (Å²) < 4.78 is 0. The van der Waals surface area contributed by atoms with Gasteiger partial charge < -0.3 is 10.2 Å². The van der Waals surface area contributed by atoms with Gasteiger partial charge in [-0.15, -0.1) is 0 Å².